The largest absolute Gasteiger partial charge is 0.481 e. The van der Waals surface area contributed by atoms with Crippen LogP contribution in [-0.4, -0.2) is 39.6 Å². The first-order valence-electron chi connectivity index (χ1n) is 5.77. The Labute approximate surface area is 106 Å². The normalized spacial score (nSPS) is 12.3. The van der Waals surface area contributed by atoms with Crippen molar-refractivity contribution in [3.63, 3.8) is 0 Å². The molecule has 1 aromatic rings. The van der Waals surface area contributed by atoms with Gasteiger partial charge in [0.15, 0.2) is 0 Å². The first kappa shape index (κ1) is 14.2. The summed E-state index contributed by atoms with van der Waals surface area (Å²) in [6.45, 7) is 2.74. The molecule has 0 aliphatic rings. The molecule has 1 atom stereocenters. The third-order valence-corrected chi connectivity index (χ3v) is 2.73. The van der Waals surface area contributed by atoms with Gasteiger partial charge in [0, 0.05) is 6.54 Å². The quantitative estimate of drug-likeness (QED) is 0.766. The van der Waals surface area contributed by atoms with Crippen LogP contribution in [0.5, 0.6) is 0 Å². The van der Waals surface area contributed by atoms with Gasteiger partial charge in [0.05, 0.1) is 6.42 Å². The molecule has 18 heavy (non-hydrogen) atoms. The number of benzene rings is 1. The number of hydrogen-bond acceptors (Lipinski definition) is 3. The van der Waals surface area contributed by atoms with Gasteiger partial charge < -0.3 is 10.2 Å². The molecule has 0 aliphatic heterocycles. The first-order chi connectivity index (χ1) is 8.54. The van der Waals surface area contributed by atoms with Crippen LogP contribution in [0.15, 0.2) is 30.3 Å². The molecule has 98 valence electrons. The molecule has 0 radical (unpaired) electrons. The Morgan fingerprint density at radius 2 is 1.83 bits per heavy atom. The number of likely N-dealkylation sites (N-methyl/N-ethyl adjacent to an activating group) is 1. The number of hydrogen-bond donors (Lipinski definition) is 2. The molecule has 1 unspecified atom stereocenters. The van der Waals surface area contributed by atoms with Gasteiger partial charge in [-0.05, 0) is 12.1 Å². The second-order valence-corrected chi connectivity index (χ2v) is 4.00. The molecular formula is C13H17NO4. The number of rotatable bonds is 7. The molecule has 0 heterocycles. The lowest BCUT2D eigenvalue weighted by Gasteiger charge is -2.26. The summed E-state index contributed by atoms with van der Waals surface area (Å²) in [7, 11) is 0. The van der Waals surface area contributed by atoms with E-state index in [4.69, 9.17) is 10.2 Å². The van der Waals surface area contributed by atoms with Crippen LogP contribution >= 0.6 is 0 Å². The van der Waals surface area contributed by atoms with E-state index in [1.807, 2.05) is 37.3 Å². The zero-order valence-electron chi connectivity index (χ0n) is 10.2. The molecule has 1 rings (SSSR count). The molecule has 0 bridgehead atoms. The van der Waals surface area contributed by atoms with Gasteiger partial charge in [0.2, 0.25) is 0 Å². The fraction of sp³-hybridized carbons (Fsp3) is 0.385. The highest BCUT2D eigenvalue weighted by Crippen LogP contribution is 2.11. The van der Waals surface area contributed by atoms with Crippen LogP contribution < -0.4 is 0 Å². The smallest absolute Gasteiger partial charge is 0.321 e. The fourth-order valence-corrected chi connectivity index (χ4v) is 1.80. The highest BCUT2D eigenvalue weighted by atomic mass is 16.4. The number of nitrogens with zero attached hydrogens (tertiary/aromatic N) is 1. The van der Waals surface area contributed by atoms with Crippen molar-refractivity contribution in [1.82, 2.24) is 4.90 Å². The van der Waals surface area contributed by atoms with Crippen LogP contribution in [0.3, 0.4) is 0 Å². The van der Waals surface area contributed by atoms with Gasteiger partial charge in [-0.3, -0.25) is 14.5 Å². The molecule has 5 heteroatoms. The van der Waals surface area contributed by atoms with Gasteiger partial charge in [0.25, 0.3) is 0 Å². The highest BCUT2D eigenvalue weighted by Gasteiger charge is 2.27. The van der Waals surface area contributed by atoms with Crippen molar-refractivity contribution in [2.75, 3.05) is 6.54 Å². The summed E-state index contributed by atoms with van der Waals surface area (Å²) in [6.07, 6.45) is -0.393. The summed E-state index contributed by atoms with van der Waals surface area (Å²) >= 11 is 0. The van der Waals surface area contributed by atoms with E-state index in [-0.39, 0.29) is 0 Å². The molecule has 0 aromatic heterocycles. The van der Waals surface area contributed by atoms with Crippen molar-refractivity contribution in [2.24, 2.45) is 0 Å². The Balaban J connectivity index is 2.79. The van der Waals surface area contributed by atoms with Gasteiger partial charge >= 0.3 is 11.9 Å². The lowest BCUT2D eigenvalue weighted by atomic mass is 10.1. The van der Waals surface area contributed by atoms with Crippen LogP contribution in [0.25, 0.3) is 0 Å². The van der Waals surface area contributed by atoms with Gasteiger partial charge in [0.1, 0.15) is 6.04 Å². The van der Waals surface area contributed by atoms with E-state index in [1.54, 1.807) is 4.90 Å². The van der Waals surface area contributed by atoms with Crippen LogP contribution in [-0.2, 0) is 16.1 Å². The number of aliphatic carboxylic acids is 2. The fourth-order valence-electron chi connectivity index (χ4n) is 1.80. The van der Waals surface area contributed by atoms with Crippen molar-refractivity contribution in [2.45, 2.75) is 25.9 Å². The topological polar surface area (TPSA) is 77.8 Å². The second-order valence-electron chi connectivity index (χ2n) is 4.00. The third-order valence-electron chi connectivity index (χ3n) is 2.73. The predicted molar refractivity (Wildman–Crippen MR) is 66.2 cm³/mol. The van der Waals surface area contributed by atoms with E-state index < -0.39 is 24.4 Å². The minimum Gasteiger partial charge on any atom is -0.481 e. The minimum absolute atomic E-state index is 0.393. The molecule has 0 aliphatic carbocycles. The molecule has 0 amide bonds. The van der Waals surface area contributed by atoms with Crippen molar-refractivity contribution in [3.05, 3.63) is 35.9 Å². The Kier molecular flexibility index (Phi) is 5.32. The number of carbonyl (C=O) groups is 2. The zero-order valence-corrected chi connectivity index (χ0v) is 10.2. The monoisotopic (exact) mass is 251 g/mol. The van der Waals surface area contributed by atoms with E-state index in [0.29, 0.717) is 13.1 Å². The average molecular weight is 251 g/mol. The maximum absolute atomic E-state index is 11.1. The van der Waals surface area contributed by atoms with Crippen LogP contribution in [0.4, 0.5) is 0 Å². The highest BCUT2D eigenvalue weighted by molar-refractivity contribution is 5.80. The average Bonchev–Trinajstić information content (AvgIpc) is 2.34. The Bertz CT molecular complexity index is 405. The lowest BCUT2D eigenvalue weighted by Crippen LogP contribution is -2.42. The zero-order chi connectivity index (χ0) is 13.5. The van der Waals surface area contributed by atoms with E-state index >= 15 is 0 Å². The molecule has 0 saturated carbocycles. The van der Waals surface area contributed by atoms with Crippen LogP contribution in [0.2, 0.25) is 0 Å². The number of carboxylic acid groups (broad SMARTS) is 2. The third kappa shape index (κ3) is 4.18. The summed E-state index contributed by atoms with van der Waals surface area (Å²) in [5.74, 6) is -2.20. The Morgan fingerprint density at radius 3 is 2.28 bits per heavy atom. The summed E-state index contributed by atoms with van der Waals surface area (Å²) in [6, 6.07) is 8.41. The van der Waals surface area contributed by atoms with Gasteiger partial charge in [-0.2, -0.15) is 0 Å². The summed E-state index contributed by atoms with van der Waals surface area (Å²) in [5.41, 5.74) is 0.969. The minimum atomic E-state index is -1.10. The van der Waals surface area contributed by atoms with Crippen molar-refractivity contribution < 1.29 is 19.8 Å². The maximum Gasteiger partial charge on any atom is 0.321 e. The van der Waals surface area contributed by atoms with Gasteiger partial charge in [-0.15, -0.1) is 0 Å². The molecule has 1 aromatic carbocycles. The second kappa shape index (κ2) is 6.76. The molecule has 0 fully saturated rings. The van der Waals surface area contributed by atoms with Crippen LogP contribution in [0.1, 0.15) is 18.9 Å². The van der Waals surface area contributed by atoms with E-state index in [2.05, 4.69) is 0 Å². The Morgan fingerprint density at radius 1 is 1.22 bits per heavy atom. The van der Waals surface area contributed by atoms with Crippen molar-refractivity contribution in [1.29, 1.82) is 0 Å². The van der Waals surface area contributed by atoms with E-state index in [0.717, 1.165) is 5.56 Å². The Hall–Kier alpha value is -1.88. The summed E-state index contributed by atoms with van der Waals surface area (Å²) in [5, 5.41) is 17.8. The van der Waals surface area contributed by atoms with Gasteiger partial charge in [-0.1, -0.05) is 37.3 Å². The lowest BCUT2D eigenvalue weighted by molar-refractivity contribution is -0.150. The molecule has 2 N–H and O–H groups in total. The van der Waals surface area contributed by atoms with Gasteiger partial charge in [-0.25, -0.2) is 0 Å². The molecular weight excluding hydrogens is 234 g/mol. The number of carboxylic acids is 2. The SMILES string of the molecule is CCN(Cc1ccccc1)C(CC(=O)O)C(=O)O. The van der Waals surface area contributed by atoms with Crippen LogP contribution in [0, 0.1) is 0 Å². The van der Waals surface area contributed by atoms with E-state index in [9.17, 15) is 9.59 Å². The molecule has 5 nitrogen and oxygen atoms in total. The first-order valence-corrected chi connectivity index (χ1v) is 5.77. The predicted octanol–water partition coefficient (Wildman–Crippen LogP) is 1.44. The molecule has 0 saturated heterocycles. The summed E-state index contributed by atoms with van der Waals surface area (Å²) in [4.78, 5) is 23.5. The standard InChI is InChI=1S/C13H17NO4/c1-2-14(9-10-6-4-3-5-7-10)11(13(17)18)8-12(15)16/h3-7,11H,2,8-9H2,1H3,(H,15,16)(H,17,18). The van der Waals surface area contributed by atoms with Crippen molar-refractivity contribution in [3.8, 4) is 0 Å². The van der Waals surface area contributed by atoms with Crippen molar-refractivity contribution >= 4 is 11.9 Å². The molecule has 0 spiro atoms. The summed E-state index contributed by atoms with van der Waals surface area (Å²) < 4.78 is 0. The van der Waals surface area contributed by atoms with E-state index in [1.165, 1.54) is 0 Å². The maximum atomic E-state index is 11.1.